The Morgan fingerprint density at radius 1 is 1.13 bits per heavy atom. The Hall–Kier alpha value is -2.50. The van der Waals surface area contributed by atoms with Crippen molar-refractivity contribution in [2.45, 2.75) is 32.7 Å². The molecule has 2 aromatic rings. The van der Waals surface area contributed by atoms with Crippen molar-refractivity contribution in [3.8, 4) is 0 Å². The third kappa shape index (κ3) is 5.65. The van der Waals surface area contributed by atoms with Crippen molar-refractivity contribution in [1.82, 2.24) is 15.3 Å². The van der Waals surface area contributed by atoms with Crippen LogP contribution in [-0.4, -0.2) is 28.0 Å². The van der Waals surface area contributed by atoms with Gasteiger partial charge < -0.3 is 10.6 Å². The summed E-state index contributed by atoms with van der Waals surface area (Å²) in [5.41, 5.74) is 1.11. The van der Waals surface area contributed by atoms with E-state index in [0.717, 1.165) is 5.56 Å². The molecular formula is C17H21FN4O. The first-order valence-corrected chi connectivity index (χ1v) is 7.46. The van der Waals surface area contributed by atoms with E-state index in [1.54, 1.807) is 18.3 Å². The van der Waals surface area contributed by atoms with Crippen LogP contribution >= 0.6 is 0 Å². The maximum atomic E-state index is 12.8. The van der Waals surface area contributed by atoms with E-state index in [4.69, 9.17) is 0 Å². The Morgan fingerprint density at radius 3 is 2.39 bits per heavy atom. The van der Waals surface area contributed by atoms with Crippen molar-refractivity contribution in [1.29, 1.82) is 0 Å². The number of amides is 1. The molecule has 1 aromatic heterocycles. The molecule has 0 radical (unpaired) electrons. The molecular weight excluding hydrogens is 295 g/mol. The van der Waals surface area contributed by atoms with Gasteiger partial charge in [-0.05, 0) is 44.9 Å². The van der Waals surface area contributed by atoms with E-state index in [1.165, 1.54) is 18.3 Å². The van der Waals surface area contributed by atoms with Crippen LogP contribution in [0, 0.1) is 5.82 Å². The second kappa shape index (κ2) is 7.17. The van der Waals surface area contributed by atoms with Gasteiger partial charge in [0.25, 0.3) is 5.91 Å². The lowest BCUT2D eigenvalue weighted by atomic mass is 10.1. The molecule has 122 valence electrons. The summed E-state index contributed by atoms with van der Waals surface area (Å²) in [5, 5.41) is 5.95. The number of benzene rings is 1. The highest BCUT2D eigenvalue weighted by atomic mass is 19.1. The molecule has 0 spiro atoms. The zero-order valence-corrected chi connectivity index (χ0v) is 13.6. The van der Waals surface area contributed by atoms with E-state index in [2.05, 4.69) is 20.6 Å². The van der Waals surface area contributed by atoms with E-state index in [9.17, 15) is 9.18 Å². The average molecular weight is 316 g/mol. The van der Waals surface area contributed by atoms with Crippen LogP contribution < -0.4 is 10.6 Å². The number of carbonyl (C=O) groups is 1. The number of hydrogen-bond acceptors (Lipinski definition) is 4. The maximum Gasteiger partial charge on any atom is 0.271 e. The van der Waals surface area contributed by atoms with Gasteiger partial charge >= 0.3 is 0 Å². The van der Waals surface area contributed by atoms with Crippen LogP contribution in [0.2, 0.25) is 0 Å². The van der Waals surface area contributed by atoms with Gasteiger partial charge in [-0.2, -0.15) is 0 Å². The van der Waals surface area contributed by atoms with Crippen LogP contribution in [0.3, 0.4) is 0 Å². The molecule has 0 aliphatic heterocycles. The number of rotatable bonds is 5. The minimum Gasteiger partial charge on any atom is -0.364 e. The average Bonchev–Trinajstić information content (AvgIpc) is 2.48. The third-order valence-corrected chi connectivity index (χ3v) is 3.00. The quantitative estimate of drug-likeness (QED) is 0.890. The Bertz CT molecular complexity index is 648. The molecule has 0 bridgehead atoms. The minimum atomic E-state index is -0.276. The molecule has 0 aliphatic carbocycles. The fourth-order valence-electron chi connectivity index (χ4n) is 1.96. The summed E-state index contributed by atoms with van der Waals surface area (Å²) in [6, 6.07) is 6.22. The lowest BCUT2D eigenvalue weighted by molar-refractivity contribution is 0.0949. The number of carbonyl (C=O) groups excluding carboxylic acids is 1. The smallest absolute Gasteiger partial charge is 0.271 e. The molecule has 0 saturated carbocycles. The van der Waals surface area contributed by atoms with E-state index >= 15 is 0 Å². The van der Waals surface area contributed by atoms with Gasteiger partial charge in [-0.25, -0.2) is 14.4 Å². The fourth-order valence-corrected chi connectivity index (χ4v) is 1.96. The first kappa shape index (κ1) is 16.9. The van der Waals surface area contributed by atoms with E-state index < -0.39 is 0 Å². The van der Waals surface area contributed by atoms with Crippen LogP contribution in [0.15, 0.2) is 36.7 Å². The first-order valence-electron chi connectivity index (χ1n) is 7.46. The summed E-state index contributed by atoms with van der Waals surface area (Å²) in [6.45, 7) is 6.51. The highest BCUT2D eigenvalue weighted by molar-refractivity contribution is 5.91. The van der Waals surface area contributed by atoms with Gasteiger partial charge in [0, 0.05) is 12.1 Å². The number of halogens is 1. The molecule has 23 heavy (non-hydrogen) atoms. The van der Waals surface area contributed by atoms with Gasteiger partial charge in [0.2, 0.25) is 0 Å². The first-order chi connectivity index (χ1) is 10.8. The Balaban J connectivity index is 1.84. The van der Waals surface area contributed by atoms with Gasteiger partial charge in [-0.15, -0.1) is 0 Å². The molecule has 6 heteroatoms. The summed E-state index contributed by atoms with van der Waals surface area (Å²) in [4.78, 5) is 20.3. The van der Waals surface area contributed by atoms with Crippen molar-refractivity contribution < 1.29 is 9.18 Å². The maximum absolute atomic E-state index is 12.8. The minimum absolute atomic E-state index is 0.117. The molecule has 2 N–H and O–H groups in total. The van der Waals surface area contributed by atoms with Crippen molar-refractivity contribution in [2.75, 3.05) is 11.9 Å². The molecule has 5 nitrogen and oxygen atoms in total. The molecule has 0 aliphatic rings. The highest BCUT2D eigenvalue weighted by Gasteiger charge is 2.12. The summed E-state index contributed by atoms with van der Waals surface area (Å²) < 4.78 is 12.8. The molecule has 0 fully saturated rings. The van der Waals surface area contributed by atoms with Crippen molar-refractivity contribution in [3.05, 3.63) is 53.7 Å². The van der Waals surface area contributed by atoms with E-state index in [1.807, 2.05) is 20.8 Å². The Kier molecular flexibility index (Phi) is 5.26. The van der Waals surface area contributed by atoms with E-state index in [-0.39, 0.29) is 23.0 Å². The molecule has 0 saturated heterocycles. The van der Waals surface area contributed by atoms with Crippen LogP contribution in [0.25, 0.3) is 0 Å². The number of nitrogens with zero attached hydrogens (tertiary/aromatic N) is 2. The Morgan fingerprint density at radius 2 is 1.83 bits per heavy atom. The lowest BCUT2D eigenvalue weighted by Crippen LogP contribution is -2.28. The zero-order chi connectivity index (χ0) is 16.9. The number of anilines is 1. The number of nitrogens with one attached hydrogen (secondary N) is 2. The van der Waals surface area contributed by atoms with Gasteiger partial charge in [0.15, 0.2) is 0 Å². The number of aromatic nitrogens is 2. The standard InChI is InChI=1S/C17H21FN4O/c1-17(2,3)22-15-11-20-14(10-21-15)16(23)19-9-8-12-4-6-13(18)7-5-12/h4-7,10-11H,8-9H2,1-3H3,(H,19,23)(H,21,22). The third-order valence-electron chi connectivity index (χ3n) is 3.00. The van der Waals surface area contributed by atoms with Gasteiger partial charge in [-0.1, -0.05) is 12.1 Å². The van der Waals surface area contributed by atoms with Gasteiger partial charge in [0.1, 0.15) is 17.3 Å². The number of hydrogen-bond donors (Lipinski definition) is 2. The molecule has 1 heterocycles. The highest BCUT2D eigenvalue weighted by Crippen LogP contribution is 2.10. The zero-order valence-electron chi connectivity index (χ0n) is 13.6. The molecule has 1 aromatic carbocycles. The molecule has 2 rings (SSSR count). The second-order valence-corrected chi connectivity index (χ2v) is 6.29. The fraction of sp³-hybridized carbons (Fsp3) is 0.353. The summed E-state index contributed by atoms with van der Waals surface area (Å²) >= 11 is 0. The predicted octanol–water partition coefficient (Wildman–Crippen LogP) is 2.80. The topological polar surface area (TPSA) is 66.9 Å². The SMILES string of the molecule is CC(C)(C)Nc1cnc(C(=O)NCCc2ccc(F)cc2)cn1. The van der Waals surface area contributed by atoms with Crippen LogP contribution in [0.5, 0.6) is 0 Å². The van der Waals surface area contributed by atoms with Crippen molar-refractivity contribution >= 4 is 11.7 Å². The molecule has 0 atom stereocenters. The summed E-state index contributed by atoms with van der Waals surface area (Å²) in [5.74, 6) is 0.0827. The van der Waals surface area contributed by atoms with Crippen molar-refractivity contribution in [3.63, 3.8) is 0 Å². The second-order valence-electron chi connectivity index (χ2n) is 6.29. The van der Waals surface area contributed by atoms with Crippen LogP contribution in [-0.2, 0) is 6.42 Å². The van der Waals surface area contributed by atoms with Gasteiger partial charge in [0.05, 0.1) is 12.4 Å². The molecule has 0 unspecified atom stereocenters. The predicted molar refractivity (Wildman–Crippen MR) is 87.8 cm³/mol. The normalized spacial score (nSPS) is 11.1. The molecule has 1 amide bonds. The van der Waals surface area contributed by atoms with Crippen LogP contribution in [0.1, 0.15) is 36.8 Å². The monoisotopic (exact) mass is 316 g/mol. The largest absolute Gasteiger partial charge is 0.364 e. The van der Waals surface area contributed by atoms with Crippen molar-refractivity contribution in [2.24, 2.45) is 0 Å². The Labute approximate surface area is 135 Å². The summed E-state index contributed by atoms with van der Waals surface area (Å²) in [6.07, 6.45) is 3.62. The lowest BCUT2D eigenvalue weighted by Gasteiger charge is -2.20. The van der Waals surface area contributed by atoms with E-state index in [0.29, 0.717) is 18.8 Å². The van der Waals surface area contributed by atoms with Crippen LogP contribution in [0.4, 0.5) is 10.2 Å². The summed E-state index contributed by atoms with van der Waals surface area (Å²) in [7, 11) is 0. The van der Waals surface area contributed by atoms with Gasteiger partial charge in [-0.3, -0.25) is 4.79 Å².